The molecule has 1 amide bonds. The molecule has 6 nitrogen and oxygen atoms in total. The van der Waals surface area contributed by atoms with Gasteiger partial charge in [-0.3, -0.25) is 9.10 Å². The van der Waals surface area contributed by atoms with E-state index < -0.39 is 16.1 Å². The van der Waals surface area contributed by atoms with Crippen molar-refractivity contribution in [1.82, 2.24) is 5.32 Å². The third-order valence-electron chi connectivity index (χ3n) is 4.73. The van der Waals surface area contributed by atoms with E-state index in [4.69, 9.17) is 0 Å². The van der Waals surface area contributed by atoms with Crippen LogP contribution in [0.5, 0.6) is 0 Å². The van der Waals surface area contributed by atoms with Crippen molar-refractivity contribution >= 4 is 27.3 Å². The Bertz CT molecular complexity index is 909. The minimum absolute atomic E-state index is 0.293. The van der Waals surface area contributed by atoms with Crippen LogP contribution < -0.4 is 14.5 Å². The average molecular weight is 418 g/mol. The number of para-hydroxylation sites is 1. The minimum atomic E-state index is -3.63. The van der Waals surface area contributed by atoms with Gasteiger partial charge in [-0.15, -0.1) is 0 Å². The molecule has 29 heavy (non-hydrogen) atoms. The Labute approximate surface area is 174 Å². The van der Waals surface area contributed by atoms with E-state index in [1.54, 1.807) is 12.1 Å². The zero-order chi connectivity index (χ0) is 21.6. The molecule has 0 aliphatic carbocycles. The summed E-state index contributed by atoms with van der Waals surface area (Å²) in [4.78, 5) is 14.9. The fourth-order valence-electron chi connectivity index (χ4n) is 3.41. The lowest BCUT2D eigenvalue weighted by atomic mass is 10.1. The number of nitrogens with zero attached hydrogens (tertiary/aromatic N) is 2. The second-order valence-corrected chi connectivity index (χ2v) is 9.24. The fraction of sp³-hybridized carbons (Fsp3) is 0.409. The van der Waals surface area contributed by atoms with Crippen LogP contribution in [0.15, 0.2) is 48.5 Å². The molecule has 0 aromatic heterocycles. The number of amides is 1. The maximum atomic E-state index is 12.9. The van der Waals surface area contributed by atoms with Crippen LogP contribution in [0, 0.1) is 13.8 Å². The molecule has 0 spiro atoms. The topological polar surface area (TPSA) is 69.7 Å². The van der Waals surface area contributed by atoms with Crippen molar-refractivity contribution in [2.45, 2.75) is 33.2 Å². The Hall–Kier alpha value is -2.54. The highest BCUT2D eigenvalue weighted by molar-refractivity contribution is 7.92. The van der Waals surface area contributed by atoms with Gasteiger partial charge in [0.25, 0.3) is 0 Å². The summed E-state index contributed by atoms with van der Waals surface area (Å²) < 4.78 is 26.4. The molecule has 0 fully saturated rings. The molecule has 7 heteroatoms. The number of hydrogen-bond acceptors (Lipinski definition) is 4. The highest BCUT2D eigenvalue weighted by Crippen LogP contribution is 2.25. The largest absolute Gasteiger partial charge is 0.373 e. The predicted octanol–water partition coefficient (Wildman–Crippen LogP) is 3.10. The highest BCUT2D eigenvalue weighted by atomic mass is 32.2. The SMILES string of the molecule is CC[C@@H](C(=O)NCCN(C)c1ccccc1)N(c1cc(C)cc(C)c1)S(C)(=O)=O. The third kappa shape index (κ3) is 6.22. The summed E-state index contributed by atoms with van der Waals surface area (Å²) >= 11 is 0. The van der Waals surface area contributed by atoms with E-state index in [0.717, 1.165) is 23.1 Å². The maximum Gasteiger partial charge on any atom is 0.243 e. The van der Waals surface area contributed by atoms with Gasteiger partial charge in [0, 0.05) is 25.8 Å². The lowest BCUT2D eigenvalue weighted by Gasteiger charge is -2.31. The molecule has 0 radical (unpaired) electrons. The number of benzene rings is 2. The second-order valence-electron chi connectivity index (χ2n) is 7.38. The van der Waals surface area contributed by atoms with Crippen molar-refractivity contribution < 1.29 is 13.2 Å². The molecule has 0 aliphatic heterocycles. The number of aryl methyl sites for hydroxylation is 2. The van der Waals surface area contributed by atoms with Gasteiger partial charge in [0.05, 0.1) is 11.9 Å². The van der Waals surface area contributed by atoms with Gasteiger partial charge in [0.15, 0.2) is 0 Å². The van der Waals surface area contributed by atoms with E-state index >= 15 is 0 Å². The van der Waals surface area contributed by atoms with E-state index in [9.17, 15) is 13.2 Å². The molecule has 0 heterocycles. The van der Waals surface area contributed by atoms with Crippen molar-refractivity contribution in [3.63, 3.8) is 0 Å². The van der Waals surface area contributed by atoms with Gasteiger partial charge >= 0.3 is 0 Å². The molecular weight excluding hydrogens is 386 g/mol. The summed E-state index contributed by atoms with van der Waals surface area (Å²) in [5, 5.41) is 2.90. The molecule has 0 saturated carbocycles. The van der Waals surface area contributed by atoms with Crippen LogP contribution >= 0.6 is 0 Å². The van der Waals surface area contributed by atoms with Gasteiger partial charge in [-0.25, -0.2) is 8.42 Å². The molecule has 2 rings (SSSR count). The summed E-state index contributed by atoms with van der Waals surface area (Å²) in [7, 11) is -1.67. The van der Waals surface area contributed by atoms with Crippen LogP contribution in [0.25, 0.3) is 0 Å². The first-order chi connectivity index (χ1) is 13.6. The van der Waals surface area contributed by atoms with Crippen molar-refractivity contribution in [2.24, 2.45) is 0 Å². The predicted molar refractivity (Wildman–Crippen MR) is 120 cm³/mol. The minimum Gasteiger partial charge on any atom is -0.373 e. The number of hydrogen-bond donors (Lipinski definition) is 1. The van der Waals surface area contributed by atoms with Crippen molar-refractivity contribution in [3.05, 3.63) is 59.7 Å². The van der Waals surface area contributed by atoms with E-state index in [-0.39, 0.29) is 5.91 Å². The van der Waals surface area contributed by atoms with Crippen LogP contribution in [0.3, 0.4) is 0 Å². The monoisotopic (exact) mass is 417 g/mol. The number of carbonyl (C=O) groups excluding carboxylic acids is 1. The Morgan fingerprint density at radius 2 is 1.62 bits per heavy atom. The molecule has 0 unspecified atom stereocenters. The van der Waals surface area contributed by atoms with Crippen LogP contribution in [-0.4, -0.2) is 46.8 Å². The Morgan fingerprint density at radius 1 is 1.03 bits per heavy atom. The van der Waals surface area contributed by atoms with Gasteiger partial charge in [0.1, 0.15) is 6.04 Å². The smallest absolute Gasteiger partial charge is 0.243 e. The van der Waals surface area contributed by atoms with Crippen LogP contribution in [0.2, 0.25) is 0 Å². The summed E-state index contributed by atoms with van der Waals surface area (Å²) in [5.74, 6) is -0.293. The zero-order valence-electron chi connectivity index (χ0n) is 17.8. The number of rotatable bonds is 9. The summed E-state index contributed by atoms with van der Waals surface area (Å²) in [6, 6.07) is 14.7. The molecule has 0 saturated heterocycles. The first-order valence-electron chi connectivity index (χ1n) is 9.75. The molecule has 1 atom stereocenters. The number of likely N-dealkylation sites (N-methyl/N-ethyl adjacent to an activating group) is 1. The zero-order valence-corrected chi connectivity index (χ0v) is 18.7. The van der Waals surface area contributed by atoms with Gasteiger partial charge in [-0.2, -0.15) is 0 Å². The number of nitrogens with one attached hydrogen (secondary N) is 1. The summed E-state index contributed by atoms with van der Waals surface area (Å²) in [5.41, 5.74) is 3.48. The molecule has 158 valence electrons. The summed E-state index contributed by atoms with van der Waals surface area (Å²) in [6.45, 7) is 6.69. The number of carbonyl (C=O) groups is 1. The molecule has 0 bridgehead atoms. The Balaban J connectivity index is 2.14. The molecule has 2 aromatic carbocycles. The number of sulfonamides is 1. The second kappa shape index (κ2) is 9.78. The first-order valence-corrected chi connectivity index (χ1v) is 11.6. The van der Waals surface area contributed by atoms with Crippen molar-refractivity contribution in [1.29, 1.82) is 0 Å². The maximum absolute atomic E-state index is 12.9. The van der Waals surface area contributed by atoms with E-state index in [1.807, 2.05) is 69.1 Å². The average Bonchev–Trinajstić information content (AvgIpc) is 2.64. The molecular formula is C22H31N3O3S. The first kappa shape index (κ1) is 22.7. The highest BCUT2D eigenvalue weighted by Gasteiger charge is 2.31. The van der Waals surface area contributed by atoms with E-state index in [2.05, 4.69) is 5.32 Å². The molecule has 0 aliphatic rings. The normalized spacial score (nSPS) is 12.3. The fourth-order valence-corrected chi connectivity index (χ4v) is 4.61. The van der Waals surface area contributed by atoms with Gasteiger partial charge in [-0.05, 0) is 55.7 Å². The van der Waals surface area contributed by atoms with Crippen molar-refractivity contribution in [3.8, 4) is 0 Å². The lowest BCUT2D eigenvalue weighted by molar-refractivity contribution is -0.122. The van der Waals surface area contributed by atoms with Gasteiger partial charge in [-0.1, -0.05) is 31.2 Å². The van der Waals surface area contributed by atoms with Crippen molar-refractivity contribution in [2.75, 3.05) is 35.6 Å². The Morgan fingerprint density at radius 3 is 2.14 bits per heavy atom. The number of anilines is 2. The lowest BCUT2D eigenvalue weighted by Crippen LogP contribution is -2.50. The standard InChI is InChI=1S/C22H31N3O3S/c1-6-21(22(26)23-12-13-24(4)19-10-8-7-9-11-19)25(29(5,27)28)20-15-17(2)14-18(3)16-20/h7-11,14-16,21H,6,12-13H2,1-5H3,(H,23,26)/t21-/m0/s1. The summed E-state index contributed by atoms with van der Waals surface area (Å²) in [6.07, 6.45) is 1.52. The van der Waals surface area contributed by atoms with Crippen LogP contribution in [-0.2, 0) is 14.8 Å². The van der Waals surface area contributed by atoms with Crippen LogP contribution in [0.1, 0.15) is 24.5 Å². The third-order valence-corrected chi connectivity index (χ3v) is 5.91. The van der Waals surface area contributed by atoms with E-state index in [0.29, 0.717) is 25.2 Å². The Kier molecular flexibility index (Phi) is 7.67. The van der Waals surface area contributed by atoms with Crippen LogP contribution in [0.4, 0.5) is 11.4 Å². The van der Waals surface area contributed by atoms with Gasteiger partial charge < -0.3 is 10.2 Å². The van der Waals surface area contributed by atoms with Gasteiger partial charge in [0.2, 0.25) is 15.9 Å². The molecule has 2 aromatic rings. The molecule has 1 N–H and O–H groups in total. The quantitative estimate of drug-likeness (QED) is 0.681. The van der Waals surface area contributed by atoms with E-state index in [1.165, 1.54) is 4.31 Å².